The maximum absolute atomic E-state index is 13.7. The summed E-state index contributed by atoms with van der Waals surface area (Å²) in [6.07, 6.45) is 0.583. The van der Waals surface area contributed by atoms with Crippen molar-refractivity contribution in [1.29, 1.82) is 0 Å². The van der Waals surface area contributed by atoms with E-state index in [9.17, 15) is 9.18 Å². The SMILES string of the molecule is CC1(C)CN(c2cccc(F)c2C=O)CC(C)(C)O1. The molecular formula is C15H20FNO2. The number of ether oxygens (including phenoxy) is 1. The smallest absolute Gasteiger partial charge is 0.155 e. The Morgan fingerprint density at radius 1 is 1.21 bits per heavy atom. The number of hydrogen-bond donors (Lipinski definition) is 0. The quantitative estimate of drug-likeness (QED) is 0.770. The number of rotatable bonds is 2. The Hall–Kier alpha value is -1.42. The van der Waals surface area contributed by atoms with Crippen LogP contribution in [0.5, 0.6) is 0 Å². The molecular weight excluding hydrogens is 245 g/mol. The molecule has 1 heterocycles. The van der Waals surface area contributed by atoms with Crippen LogP contribution < -0.4 is 4.90 Å². The number of hydrogen-bond acceptors (Lipinski definition) is 3. The van der Waals surface area contributed by atoms with E-state index in [0.717, 1.165) is 0 Å². The van der Waals surface area contributed by atoms with Gasteiger partial charge in [-0.05, 0) is 39.8 Å². The second kappa shape index (κ2) is 4.60. The molecule has 0 amide bonds. The number of carbonyl (C=O) groups is 1. The molecule has 1 aromatic rings. The molecule has 1 fully saturated rings. The van der Waals surface area contributed by atoms with E-state index in [1.807, 2.05) is 32.6 Å². The summed E-state index contributed by atoms with van der Waals surface area (Å²) in [5, 5.41) is 0. The molecule has 0 N–H and O–H groups in total. The number of halogens is 1. The third-order valence-electron chi connectivity index (χ3n) is 3.18. The lowest BCUT2D eigenvalue weighted by molar-refractivity contribution is -0.133. The Kier molecular flexibility index (Phi) is 3.39. The summed E-state index contributed by atoms with van der Waals surface area (Å²) < 4.78 is 19.7. The van der Waals surface area contributed by atoms with Gasteiger partial charge in [-0.1, -0.05) is 6.07 Å². The lowest BCUT2D eigenvalue weighted by Gasteiger charge is -2.48. The first-order valence-electron chi connectivity index (χ1n) is 6.43. The summed E-state index contributed by atoms with van der Waals surface area (Å²) in [6, 6.07) is 4.72. The van der Waals surface area contributed by atoms with Gasteiger partial charge < -0.3 is 9.64 Å². The fourth-order valence-electron chi connectivity index (χ4n) is 2.88. The van der Waals surface area contributed by atoms with Gasteiger partial charge in [0, 0.05) is 13.1 Å². The van der Waals surface area contributed by atoms with Crippen molar-refractivity contribution in [1.82, 2.24) is 0 Å². The third-order valence-corrected chi connectivity index (χ3v) is 3.18. The van der Waals surface area contributed by atoms with Crippen LogP contribution in [0.1, 0.15) is 38.1 Å². The summed E-state index contributed by atoms with van der Waals surface area (Å²) in [5.41, 5.74) is 0.0815. The van der Waals surface area contributed by atoms with E-state index in [1.165, 1.54) is 6.07 Å². The minimum atomic E-state index is -0.477. The van der Waals surface area contributed by atoms with E-state index in [-0.39, 0.29) is 16.8 Å². The predicted molar refractivity (Wildman–Crippen MR) is 73.2 cm³/mol. The van der Waals surface area contributed by atoms with Crippen LogP contribution >= 0.6 is 0 Å². The second-order valence-corrected chi connectivity index (χ2v) is 6.27. The Balaban J connectivity index is 2.41. The number of carbonyl (C=O) groups excluding carboxylic acids is 1. The zero-order valence-corrected chi connectivity index (χ0v) is 11.9. The lowest BCUT2D eigenvalue weighted by atomic mass is 9.97. The monoisotopic (exact) mass is 265 g/mol. The maximum Gasteiger partial charge on any atom is 0.155 e. The van der Waals surface area contributed by atoms with Gasteiger partial charge in [0.25, 0.3) is 0 Å². The van der Waals surface area contributed by atoms with Crippen molar-refractivity contribution in [2.24, 2.45) is 0 Å². The van der Waals surface area contributed by atoms with E-state index < -0.39 is 5.82 Å². The van der Waals surface area contributed by atoms with Gasteiger partial charge in [0.05, 0.1) is 22.5 Å². The van der Waals surface area contributed by atoms with Crippen molar-refractivity contribution in [2.45, 2.75) is 38.9 Å². The Bertz CT molecular complexity index is 481. The predicted octanol–water partition coefficient (Wildman–Crippen LogP) is 3.03. The molecule has 0 saturated carbocycles. The highest BCUT2D eigenvalue weighted by atomic mass is 19.1. The molecule has 1 aromatic carbocycles. The van der Waals surface area contributed by atoms with Crippen molar-refractivity contribution in [2.75, 3.05) is 18.0 Å². The van der Waals surface area contributed by atoms with Gasteiger partial charge in [-0.15, -0.1) is 0 Å². The van der Waals surface area contributed by atoms with Crippen LogP contribution in [0.15, 0.2) is 18.2 Å². The van der Waals surface area contributed by atoms with Gasteiger partial charge >= 0.3 is 0 Å². The molecule has 0 aromatic heterocycles. The summed E-state index contributed by atoms with van der Waals surface area (Å²) in [5.74, 6) is -0.477. The van der Waals surface area contributed by atoms with Crippen molar-refractivity contribution in [3.63, 3.8) is 0 Å². The fraction of sp³-hybridized carbons (Fsp3) is 0.533. The highest BCUT2D eigenvalue weighted by molar-refractivity contribution is 5.85. The normalized spacial score (nSPS) is 21.2. The number of nitrogens with zero attached hydrogens (tertiary/aromatic N) is 1. The van der Waals surface area contributed by atoms with Gasteiger partial charge in [-0.3, -0.25) is 4.79 Å². The van der Waals surface area contributed by atoms with E-state index in [1.54, 1.807) is 12.1 Å². The minimum Gasteiger partial charge on any atom is -0.366 e. The fourth-order valence-corrected chi connectivity index (χ4v) is 2.88. The van der Waals surface area contributed by atoms with E-state index in [4.69, 9.17) is 4.74 Å². The Morgan fingerprint density at radius 3 is 2.32 bits per heavy atom. The van der Waals surface area contributed by atoms with E-state index in [2.05, 4.69) is 0 Å². The molecule has 1 aliphatic rings. The van der Waals surface area contributed by atoms with Gasteiger partial charge in [0.15, 0.2) is 6.29 Å². The summed E-state index contributed by atoms with van der Waals surface area (Å²) in [6.45, 7) is 9.25. The van der Waals surface area contributed by atoms with Crippen LogP contribution in [0, 0.1) is 5.82 Å². The van der Waals surface area contributed by atoms with Gasteiger partial charge in [-0.2, -0.15) is 0 Å². The van der Waals surface area contributed by atoms with Crippen molar-refractivity contribution >= 4 is 12.0 Å². The number of aldehydes is 1. The van der Waals surface area contributed by atoms with Gasteiger partial charge in [0.1, 0.15) is 5.82 Å². The Morgan fingerprint density at radius 2 is 1.79 bits per heavy atom. The summed E-state index contributed by atoms with van der Waals surface area (Å²) in [7, 11) is 0. The van der Waals surface area contributed by atoms with Crippen LogP contribution in [0.3, 0.4) is 0 Å². The molecule has 1 saturated heterocycles. The van der Waals surface area contributed by atoms with Crippen molar-refractivity contribution < 1.29 is 13.9 Å². The largest absolute Gasteiger partial charge is 0.366 e. The second-order valence-electron chi connectivity index (χ2n) is 6.27. The number of anilines is 1. The van der Waals surface area contributed by atoms with Crippen LogP contribution in [0.25, 0.3) is 0 Å². The average Bonchev–Trinajstić information content (AvgIpc) is 2.24. The lowest BCUT2D eigenvalue weighted by Crippen LogP contribution is -2.57. The molecule has 0 unspecified atom stereocenters. The topological polar surface area (TPSA) is 29.5 Å². The molecule has 0 aliphatic carbocycles. The zero-order valence-electron chi connectivity index (χ0n) is 11.9. The molecule has 3 nitrogen and oxygen atoms in total. The van der Waals surface area contributed by atoms with E-state index in [0.29, 0.717) is 25.1 Å². The minimum absolute atomic E-state index is 0.121. The van der Waals surface area contributed by atoms with Gasteiger partial charge in [-0.25, -0.2) is 4.39 Å². The molecule has 0 radical (unpaired) electrons. The molecule has 0 atom stereocenters. The van der Waals surface area contributed by atoms with Gasteiger partial charge in [0.2, 0.25) is 0 Å². The molecule has 4 heteroatoms. The molecule has 1 aliphatic heterocycles. The Labute approximate surface area is 113 Å². The van der Waals surface area contributed by atoms with Crippen LogP contribution in [-0.4, -0.2) is 30.6 Å². The highest BCUT2D eigenvalue weighted by Gasteiger charge is 2.38. The molecule has 0 bridgehead atoms. The summed E-state index contributed by atoms with van der Waals surface area (Å²) in [4.78, 5) is 13.1. The summed E-state index contributed by atoms with van der Waals surface area (Å²) >= 11 is 0. The van der Waals surface area contributed by atoms with Crippen LogP contribution in [0.2, 0.25) is 0 Å². The first kappa shape index (κ1) is 14.0. The standard InChI is InChI=1S/C15H20FNO2/c1-14(2)9-17(10-15(3,4)19-14)13-7-5-6-12(16)11(13)8-18/h5-8H,9-10H2,1-4H3. The average molecular weight is 265 g/mol. The molecule has 104 valence electrons. The molecule has 2 rings (SSSR count). The van der Waals surface area contributed by atoms with Crippen LogP contribution in [0.4, 0.5) is 10.1 Å². The molecule has 19 heavy (non-hydrogen) atoms. The zero-order chi connectivity index (χ0) is 14.3. The van der Waals surface area contributed by atoms with Crippen molar-refractivity contribution in [3.8, 4) is 0 Å². The highest BCUT2D eigenvalue weighted by Crippen LogP contribution is 2.33. The number of morpholine rings is 1. The van der Waals surface area contributed by atoms with Crippen LogP contribution in [-0.2, 0) is 4.74 Å². The third kappa shape index (κ3) is 2.95. The van der Waals surface area contributed by atoms with Crippen molar-refractivity contribution in [3.05, 3.63) is 29.6 Å². The number of benzene rings is 1. The van der Waals surface area contributed by atoms with E-state index >= 15 is 0 Å². The maximum atomic E-state index is 13.7. The molecule has 0 spiro atoms. The first-order valence-corrected chi connectivity index (χ1v) is 6.43. The first-order chi connectivity index (χ1) is 8.74.